The fourth-order valence-electron chi connectivity index (χ4n) is 2.38. The Hall–Kier alpha value is -1.10. The summed E-state index contributed by atoms with van der Waals surface area (Å²) >= 11 is 0. The zero-order valence-corrected chi connectivity index (χ0v) is 13.3. The predicted molar refractivity (Wildman–Crippen MR) is 81.2 cm³/mol. The Kier molecular flexibility index (Phi) is 6.99. The molecule has 4 nitrogen and oxygen atoms in total. The van der Waals surface area contributed by atoms with E-state index >= 15 is 0 Å². The van der Waals surface area contributed by atoms with Crippen molar-refractivity contribution in [3.8, 4) is 5.75 Å². The summed E-state index contributed by atoms with van der Waals surface area (Å²) in [5.74, 6) is 0.391. The van der Waals surface area contributed by atoms with E-state index < -0.39 is 0 Å². The number of aryl methyl sites for hydroxylation is 2. The molecule has 0 radical (unpaired) electrons. The van der Waals surface area contributed by atoms with E-state index in [1.165, 1.54) is 5.56 Å². The third kappa shape index (κ3) is 4.78. The summed E-state index contributed by atoms with van der Waals surface area (Å²) in [5.41, 5.74) is 3.05. The number of methoxy groups -OCH3 is 2. The molecular weight excluding hydrogens is 254 g/mol. The number of nitrogens with zero attached hydrogens (tertiary/aromatic N) is 1. The molecule has 1 aromatic rings. The maximum absolute atomic E-state index is 9.85. The van der Waals surface area contributed by atoms with Crippen LogP contribution in [0.25, 0.3) is 0 Å². The molecule has 0 fully saturated rings. The number of phenols is 1. The van der Waals surface area contributed by atoms with E-state index in [0.717, 1.165) is 24.2 Å². The smallest absolute Gasteiger partial charge is 0.121 e. The number of aromatic hydroxyl groups is 1. The second-order valence-electron chi connectivity index (χ2n) is 5.35. The number of rotatable bonds is 8. The molecule has 1 atom stereocenters. The average molecular weight is 281 g/mol. The monoisotopic (exact) mass is 281 g/mol. The summed E-state index contributed by atoms with van der Waals surface area (Å²) in [7, 11) is 3.44. The SMILES string of the molecule is COCCN(Cc1cc(C)c(O)c(C)c1)C(C)COC. The van der Waals surface area contributed by atoms with Crippen LogP contribution in [0.2, 0.25) is 0 Å². The molecule has 0 amide bonds. The highest BCUT2D eigenvalue weighted by Crippen LogP contribution is 2.24. The van der Waals surface area contributed by atoms with Gasteiger partial charge in [-0.15, -0.1) is 0 Å². The highest BCUT2D eigenvalue weighted by molar-refractivity contribution is 5.42. The molecule has 0 saturated heterocycles. The van der Waals surface area contributed by atoms with E-state index in [0.29, 0.717) is 25.0 Å². The highest BCUT2D eigenvalue weighted by atomic mass is 16.5. The summed E-state index contributed by atoms with van der Waals surface area (Å²) in [6.45, 7) is 9.10. The topological polar surface area (TPSA) is 41.9 Å². The molecule has 20 heavy (non-hydrogen) atoms. The number of hydrogen-bond acceptors (Lipinski definition) is 4. The zero-order chi connectivity index (χ0) is 15.1. The zero-order valence-electron chi connectivity index (χ0n) is 13.3. The van der Waals surface area contributed by atoms with Crippen LogP contribution >= 0.6 is 0 Å². The van der Waals surface area contributed by atoms with Crippen LogP contribution in [0.5, 0.6) is 5.75 Å². The molecule has 0 aliphatic rings. The van der Waals surface area contributed by atoms with Gasteiger partial charge in [0.25, 0.3) is 0 Å². The van der Waals surface area contributed by atoms with Gasteiger partial charge in [0, 0.05) is 33.4 Å². The van der Waals surface area contributed by atoms with Crippen molar-refractivity contribution in [3.05, 3.63) is 28.8 Å². The van der Waals surface area contributed by atoms with E-state index in [4.69, 9.17) is 9.47 Å². The first-order valence-electron chi connectivity index (χ1n) is 7.00. The molecular formula is C16H27NO3. The maximum Gasteiger partial charge on any atom is 0.121 e. The van der Waals surface area contributed by atoms with Crippen molar-refractivity contribution in [2.45, 2.75) is 33.4 Å². The average Bonchev–Trinajstić information content (AvgIpc) is 2.40. The number of phenolic OH excluding ortho intramolecular Hbond substituents is 1. The summed E-state index contributed by atoms with van der Waals surface area (Å²) in [4.78, 5) is 2.33. The lowest BCUT2D eigenvalue weighted by atomic mass is 10.0. The van der Waals surface area contributed by atoms with Crippen molar-refractivity contribution in [1.29, 1.82) is 0 Å². The van der Waals surface area contributed by atoms with Gasteiger partial charge in [0.1, 0.15) is 5.75 Å². The lowest BCUT2D eigenvalue weighted by Crippen LogP contribution is -2.38. The van der Waals surface area contributed by atoms with Crippen molar-refractivity contribution in [3.63, 3.8) is 0 Å². The van der Waals surface area contributed by atoms with Crippen molar-refractivity contribution in [1.82, 2.24) is 4.90 Å². The minimum Gasteiger partial charge on any atom is -0.507 e. The van der Waals surface area contributed by atoms with Crippen LogP contribution in [0.1, 0.15) is 23.6 Å². The Bertz CT molecular complexity index is 397. The molecule has 1 unspecified atom stereocenters. The third-order valence-electron chi connectivity index (χ3n) is 3.55. The van der Waals surface area contributed by atoms with E-state index in [1.54, 1.807) is 14.2 Å². The second kappa shape index (κ2) is 8.25. The Morgan fingerprint density at radius 3 is 2.25 bits per heavy atom. The lowest BCUT2D eigenvalue weighted by Gasteiger charge is -2.28. The van der Waals surface area contributed by atoms with Gasteiger partial charge in [0.2, 0.25) is 0 Å². The molecule has 1 rings (SSSR count). The molecule has 0 aromatic heterocycles. The minimum absolute atomic E-state index is 0.324. The van der Waals surface area contributed by atoms with Crippen LogP contribution < -0.4 is 0 Å². The predicted octanol–water partition coefficient (Wildman–Crippen LogP) is 2.49. The second-order valence-corrected chi connectivity index (χ2v) is 5.35. The van der Waals surface area contributed by atoms with Gasteiger partial charge in [0.05, 0.1) is 13.2 Å². The van der Waals surface area contributed by atoms with Crippen LogP contribution in [-0.2, 0) is 16.0 Å². The van der Waals surface area contributed by atoms with Gasteiger partial charge in [-0.3, -0.25) is 4.90 Å². The largest absolute Gasteiger partial charge is 0.507 e. The van der Waals surface area contributed by atoms with Crippen molar-refractivity contribution in [2.75, 3.05) is 34.0 Å². The quantitative estimate of drug-likeness (QED) is 0.795. The standard InChI is InChI=1S/C16H27NO3/c1-12-8-15(9-13(2)16(12)18)10-17(6-7-19-4)14(3)11-20-5/h8-9,14,18H,6-7,10-11H2,1-5H3. The normalized spacial score (nSPS) is 12.9. The van der Waals surface area contributed by atoms with Crippen molar-refractivity contribution in [2.24, 2.45) is 0 Å². The van der Waals surface area contributed by atoms with E-state index in [1.807, 2.05) is 26.0 Å². The van der Waals surface area contributed by atoms with E-state index in [2.05, 4.69) is 11.8 Å². The Labute approximate surface area is 122 Å². The molecule has 0 spiro atoms. The number of benzene rings is 1. The first-order valence-corrected chi connectivity index (χ1v) is 7.00. The minimum atomic E-state index is 0.324. The van der Waals surface area contributed by atoms with E-state index in [-0.39, 0.29) is 0 Å². The molecule has 1 aromatic carbocycles. The Morgan fingerprint density at radius 2 is 1.75 bits per heavy atom. The van der Waals surface area contributed by atoms with Gasteiger partial charge in [-0.2, -0.15) is 0 Å². The summed E-state index contributed by atoms with van der Waals surface area (Å²) < 4.78 is 10.4. The van der Waals surface area contributed by atoms with Gasteiger partial charge in [0.15, 0.2) is 0 Å². The van der Waals surface area contributed by atoms with Crippen LogP contribution in [0.15, 0.2) is 12.1 Å². The highest BCUT2D eigenvalue weighted by Gasteiger charge is 2.15. The van der Waals surface area contributed by atoms with Crippen molar-refractivity contribution >= 4 is 0 Å². The number of hydrogen-bond donors (Lipinski definition) is 1. The summed E-state index contributed by atoms with van der Waals surface area (Å²) in [5, 5.41) is 9.85. The summed E-state index contributed by atoms with van der Waals surface area (Å²) in [6, 6.07) is 4.41. The lowest BCUT2D eigenvalue weighted by molar-refractivity contribution is 0.0705. The van der Waals surface area contributed by atoms with Crippen LogP contribution in [-0.4, -0.2) is 50.0 Å². The van der Waals surface area contributed by atoms with Gasteiger partial charge < -0.3 is 14.6 Å². The molecule has 4 heteroatoms. The third-order valence-corrected chi connectivity index (χ3v) is 3.55. The molecule has 114 valence electrons. The molecule has 0 heterocycles. The van der Waals surface area contributed by atoms with Crippen molar-refractivity contribution < 1.29 is 14.6 Å². The number of ether oxygens (including phenoxy) is 2. The van der Waals surface area contributed by atoms with Gasteiger partial charge in [-0.05, 0) is 37.5 Å². The fourth-order valence-corrected chi connectivity index (χ4v) is 2.38. The van der Waals surface area contributed by atoms with Crippen LogP contribution in [0.3, 0.4) is 0 Å². The molecule has 0 bridgehead atoms. The maximum atomic E-state index is 9.85. The first kappa shape index (κ1) is 17.0. The Balaban J connectivity index is 2.82. The fraction of sp³-hybridized carbons (Fsp3) is 0.625. The molecule has 0 aliphatic carbocycles. The first-order chi connectivity index (χ1) is 9.49. The summed E-state index contributed by atoms with van der Waals surface area (Å²) in [6.07, 6.45) is 0. The van der Waals surface area contributed by atoms with Gasteiger partial charge in [-0.25, -0.2) is 0 Å². The van der Waals surface area contributed by atoms with Crippen LogP contribution in [0.4, 0.5) is 0 Å². The molecule has 1 N–H and O–H groups in total. The molecule has 0 aliphatic heterocycles. The molecule has 0 saturated carbocycles. The van der Waals surface area contributed by atoms with Crippen LogP contribution in [0, 0.1) is 13.8 Å². The van der Waals surface area contributed by atoms with Gasteiger partial charge >= 0.3 is 0 Å². The van der Waals surface area contributed by atoms with Gasteiger partial charge in [-0.1, -0.05) is 12.1 Å². The van der Waals surface area contributed by atoms with E-state index in [9.17, 15) is 5.11 Å². The Morgan fingerprint density at radius 1 is 1.15 bits per heavy atom.